The highest BCUT2D eigenvalue weighted by atomic mass is 35.5. The zero-order valence-corrected chi connectivity index (χ0v) is 14.6. The predicted octanol–water partition coefficient (Wildman–Crippen LogP) is 2.48. The monoisotopic (exact) mass is 377 g/mol. The topological polar surface area (TPSA) is 80.6 Å². The molecule has 0 fully saturated rings. The van der Waals surface area contributed by atoms with E-state index in [2.05, 4.69) is 9.50 Å². The van der Waals surface area contributed by atoms with Gasteiger partial charge in [0.25, 0.3) is 10.0 Å². The van der Waals surface area contributed by atoms with Crippen molar-refractivity contribution in [3.63, 3.8) is 0 Å². The molecule has 128 valence electrons. The minimum absolute atomic E-state index is 0.150. The van der Waals surface area contributed by atoms with Crippen molar-refractivity contribution < 1.29 is 17.9 Å². The number of hydrogen-bond donors (Lipinski definition) is 0. The van der Waals surface area contributed by atoms with E-state index in [0.29, 0.717) is 27.6 Å². The lowest BCUT2D eigenvalue weighted by atomic mass is 10.2. The molecule has 0 unspecified atom stereocenters. The maximum absolute atomic E-state index is 12.1. The Kier molecular flexibility index (Phi) is 3.66. The van der Waals surface area contributed by atoms with Crippen LogP contribution in [0.25, 0.3) is 0 Å². The van der Waals surface area contributed by atoms with Crippen LogP contribution in [0.2, 0.25) is 5.02 Å². The molecule has 2 aromatic rings. The third-order valence-corrected chi connectivity index (χ3v) is 5.43. The van der Waals surface area contributed by atoms with Gasteiger partial charge in [-0.2, -0.15) is 13.5 Å². The lowest BCUT2D eigenvalue weighted by Gasteiger charge is -2.12. The molecule has 7 nitrogen and oxygen atoms in total. The molecule has 0 atom stereocenters. The molecule has 0 spiro atoms. The van der Waals surface area contributed by atoms with Gasteiger partial charge in [0.1, 0.15) is 4.90 Å². The number of hydrazone groups is 1. The molecule has 0 aromatic heterocycles. The lowest BCUT2D eigenvalue weighted by molar-refractivity contribution is 0.174. The molecule has 0 N–H and O–H groups in total. The van der Waals surface area contributed by atoms with E-state index in [-0.39, 0.29) is 17.5 Å². The van der Waals surface area contributed by atoms with Gasteiger partial charge in [0.2, 0.25) is 6.79 Å². The second-order valence-electron chi connectivity index (χ2n) is 5.38. The van der Waals surface area contributed by atoms with Crippen LogP contribution in [0.4, 0.5) is 0 Å². The second-order valence-corrected chi connectivity index (χ2v) is 7.36. The van der Waals surface area contributed by atoms with Crippen LogP contribution in [0.3, 0.4) is 0 Å². The maximum atomic E-state index is 12.1. The molecule has 25 heavy (non-hydrogen) atoms. The average Bonchev–Trinajstić information content (AvgIpc) is 3.14. The van der Waals surface area contributed by atoms with Gasteiger partial charge in [-0.15, -0.1) is 4.40 Å². The first-order chi connectivity index (χ1) is 12.0. The number of hydrogen-bond acceptors (Lipinski definition) is 6. The first kappa shape index (κ1) is 15.9. The number of sulfonamides is 1. The highest BCUT2D eigenvalue weighted by molar-refractivity contribution is 7.90. The van der Waals surface area contributed by atoms with Crippen molar-refractivity contribution in [3.8, 4) is 11.5 Å². The van der Waals surface area contributed by atoms with E-state index in [4.69, 9.17) is 21.1 Å². The van der Waals surface area contributed by atoms with Crippen LogP contribution >= 0.6 is 11.6 Å². The average molecular weight is 378 g/mol. The van der Waals surface area contributed by atoms with Crippen LogP contribution in [0, 0.1) is 0 Å². The molecule has 2 heterocycles. The van der Waals surface area contributed by atoms with Crippen LogP contribution in [-0.4, -0.2) is 39.3 Å². The van der Waals surface area contributed by atoms with Crippen molar-refractivity contribution in [2.45, 2.75) is 4.90 Å². The largest absolute Gasteiger partial charge is 0.454 e. The number of nitrogens with zero attached hydrogens (tertiary/aromatic N) is 3. The Bertz CT molecular complexity index is 1030. The highest BCUT2D eigenvalue weighted by Crippen LogP contribution is 2.36. The van der Waals surface area contributed by atoms with Gasteiger partial charge in [0, 0.05) is 24.2 Å². The lowest BCUT2D eigenvalue weighted by Crippen LogP contribution is -2.21. The Balaban J connectivity index is 1.65. The minimum Gasteiger partial charge on any atom is -0.454 e. The van der Waals surface area contributed by atoms with Crippen molar-refractivity contribution in [2.75, 3.05) is 13.8 Å². The summed E-state index contributed by atoms with van der Waals surface area (Å²) in [6.07, 6.45) is 1.51. The fraction of sp³-hybridized carbons (Fsp3) is 0.125. The van der Waals surface area contributed by atoms with Crippen molar-refractivity contribution in [3.05, 3.63) is 52.5 Å². The molecule has 9 heteroatoms. The standard InChI is InChI=1S/C16H12ClN3O4S/c1-20(16-11-4-2-3-5-15(11)25(21,22)19-16)18-8-10-6-13-14(7-12(10)17)24-9-23-13/h2-8H,9H2,1H3/b18-8-. The van der Waals surface area contributed by atoms with E-state index in [0.717, 1.165) is 0 Å². The number of fused-ring (bicyclic) bond motifs is 2. The van der Waals surface area contributed by atoms with Crippen LogP contribution < -0.4 is 9.47 Å². The number of amidine groups is 1. The van der Waals surface area contributed by atoms with Gasteiger partial charge in [-0.05, 0) is 18.2 Å². The summed E-state index contributed by atoms with van der Waals surface area (Å²) in [7, 11) is -2.07. The second kappa shape index (κ2) is 5.75. The maximum Gasteiger partial charge on any atom is 0.285 e. The Hall–Kier alpha value is -2.58. The van der Waals surface area contributed by atoms with Gasteiger partial charge in [0.05, 0.1) is 11.2 Å². The fourth-order valence-electron chi connectivity index (χ4n) is 2.56. The molecule has 2 aliphatic heterocycles. The van der Waals surface area contributed by atoms with E-state index in [1.165, 1.54) is 17.3 Å². The summed E-state index contributed by atoms with van der Waals surface area (Å²) >= 11 is 6.21. The molecular weight excluding hydrogens is 366 g/mol. The first-order valence-corrected chi connectivity index (χ1v) is 9.09. The molecule has 0 radical (unpaired) electrons. The zero-order chi connectivity index (χ0) is 17.6. The molecule has 2 aromatic carbocycles. The zero-order valence-electron chi connectivity index (χ0n) is 13.0. The molecule has 0 saturated heterocycles. The molecule has 0 amide bonds. The molecule has 4 rings (SSSR count). The number of rotatable bonds is 2. The van der Waals surface area contributed by atoms with Crippen LogP contribution in [0.5, 0.6) is 11.5 Å². The van der Waals surface area contributed by atoms with Gasteiger partial charge < -0.3 is 9.47 Å². The quantitative estimate of drug-likeness (QED) is 0.593. The normalized spacial score (nSPS) is 16.8. The summed E-state index contributed by atoms with van der Waals surface area (Å²) in [6.45, 7) is 0.150. The van der Waals surface area contributed by atoms with E-state index in [9.17, 15) is 8.42 Å². The van der Waals surface area contributed by atoms with Gasteiger partial charge in [-0.1, -0.05) is 23.7 Å². The van der Waals surface area contributed by atoms with E-state index in [1.807, 2.05) is 0 Å². The fourth-order valence-corrected chi connectivity index (χ4v) is 3.99. The third-order valence-electron chi connectivity index (χ3n) is 3.78. The molecule has 0 saturated carbocycles. The molecule has 2 aliphatic rings. The minimum atomic E-state index is -3.69. The third kappa shape index (κ3) is 2.73. The van der Waals surface area contributed by atoms with Crippen LogP contribution in [0.1, 0.15) is 11.1 Å². The van der Waals surface area contributed by atoms with Crippen LogP contribution in [-0.2, 0) is 10.0 Å². The summed E-state index contributed by atoms with van der Waals surface area (Å²) in [4.78, 5) is 0.174. The summed E-state index contributed by atoms with van der Waals surface area (Å²) in [5.41, 5.74) is 1.13. The van der Waals surface area contributed by atoms with Crippen molar-refractivity contribution in [1.29, 1.82) is 0 Å². The van der Waals surface area contributed by atoms with E-state index in [1.54, 1.807) is 37.4 Å². The number of halogens is 1. The van der Waals surface area contributed by atoms with Crippen molar-refractivity contribution in [1.82, 2.24) is 5.01 Å². The Morgan fingerprint density at radius 1 is 1.24 bits per heavy atom. The molecule has 0 bridgehead atoms. The number of ether oxygens (including phenoxy) is 2. The van der Waals surface area contributed by atoms with Crippen molar-refractivity contribution in [2.24, 2.45) is 9.50 Å². The molecular formula is C16H12ClN3O4S. The SMILES string of the molecule is CN(/N=C\c1cc2c(cc1Cl)OCO2)C1=NS(=O)(=O)c2ccccc21. The van der Waals surface area contributed by atoms with E-state index >= 15 is 0 Å². The Morgan fingerprint density at radius 2 is 1.96 bits per heavy atom. The first-order valence-electron chi connectivity index (χ1n) is 7.27. The smallest absolute Gasteiger partial charge is 0.285 e. The van der Waals surface area contributed by atoms with Gasteiger partial charge >= 0.3 is 0 Å². The summed E-state index contributed by atoms with van der Waals surface area (Å²) < 4.78 is 38.6. The summed E-state index contributed by atoms with van der Waals surface area (Å²) in [6, 6.07) is 9.99. The Labute approximate surface area is 149 Å². The Morgan fingerprint density at radius 3 is 2.76 bits per heavy atom. The van der Waals surface area contributed by atoms with Crippen LogP contribution in [0.15, 0.2) is 50.8 Å². The summed E-state index contributed by atoms with van der Waals surface area (Å²) in [5, 5.41) is 6.10. The predicted molar refractivity (Wildman–Crippen MR) is 93.1 cm³/mol. The van der Waals surface area contributed by atoms with Crippen molar-refractivity contribution >= 4 is 33.7 Å². The highest BCUT2D eigenvalue weighted by Gasteiger charge is 2.30. The van der Waals surface area contributed by atoms with Gasteiger partial charge in [-0.25, -0.2) is 5.01 Å². The van der Waals surface area contributed by atoms with E-state index < -0.39 is 10.0 Å². The van der Waals surface area contributed by atoms with Gasteiger partial charge in [0.15, 0.2) is 17.3 Å². The molecule has 0 aliphatic carbocycles. The van der Waals surface area contributed by atoms with Gasteiger partial charge in [-0.3, -0.25) is 0 Å². The number of benzene rings is 2. The summed E-state index contributed by atoms with van der Waals surface area (Å²) in [5.74, 6) is 1.42.